The number of hydrogen-bond donors (Lipinski definition) is 2. The monoisotopic (exact) mass is 270 g/mol. The first-order valence-electron chi connectivity index (χ1n) is 6.12. The lowest BCUT2D eigenvalue weighted by molar-refractivity contribution is -0.123. The summed E-state index contributed by atoms with van der Waals surface area (Å²) >= 11 is 0. The van der Waals surface area contributed by atoms with Crippen LogP contribution >= 0.6 is 0 Å². The van der Waals surface area contributed by atoms with Crippen LogP contribution in [0.25, 0.3) is 10.9 Å². The number of anilines is 1. The van der Waals surface area contributed by atoms with Gasteiger partial charge < -0.3 is 15.8 Å². The van der Waals surface area contributed by atoms with Gasteiger partial charge in [0.25, 0.3) is 5.91 Å². The maximum Gasteiger partial charge on any atom is 0.257 e. The summed E-state index contributed by atoms with van der Waals surface area (Å²) in [6, 6.07) is 8.97. The quantitative estimate of drug-likeness (QED) is 0.628. The highest BCUT2D eigenvalue weighted by molar-refractivity contribution is 5.94. The number of amides is 1. The van der Waals surface area contributed by atoms with Crippen molar-refractivity contribution >= 4 is 22.5 Å². The van der Waals surface area contributed by atoms with E-state index in [-0.39, 0.29) is 18.9 Å². The van der Waals surface area contributed by atoms with E-state index in [1.165, 1.54) is 0 Å². The van der Waals surface area contributed by atoms with Crippen LogP contribution in [0.5, 0.6) is 5.75 Å². The fourth-order valence-corrected chi connectivity index (χ4v) is 1.75. The van der Waals surface area contributed by atoms with E-state index in [1.807, 2.05) is 12.1 Å². The molecule has 0 saturated heterocycles. The van der Waals surface area contributed by atoms with E-state index < -0.39 is 0 Å². The molecular weight excluding hydrogens is 256 g/mol. The molecule has 1 aromatic heterocycles. The maximum atomic E-state index is 11.5. The Morgan fingerprint density at radius 3 is 3.10 bits per heavy atom. The minimum absolute atomic E-state index is 0.112. The number of nitrogens with one attached hydrogen (secondary N) is 1. The van der Waals surface area contributed by atoms with Gasteiger partial charge in [-0.05, 0) is 24.3 Å². The van der Waals surface area contributed by atoms with Crippen molar-refractivity contribution in [2.45, 2.75) is 6.42 Å². The number of nitrogens with two attached hydrogens (primary N) is 1. The van der Waals surface area contributed by atoms with Crippen molar-refractivity contribution in [2.24, 2.45) is 0 Å². The maximum absolute atomic E-state index is 11.5. The van der Waals surface area contributed by atoms with Gasteiger partial charge in [-0.2, -0.15) is 5.26 Å². The van der Waals surface area contributed by atoms with Crippen molar-refractivity contribution in [1.82, 2.24) is 10.3 Å². The average Bonchev–Trinajstić information content (AvgIpc) is 2.47. The summed E-state index contributed by atoms with van der Waals surface area (Å²) in [6.07, 6.45) is 1.93. The van der Waals surface area contributed by atoms with Gasteiger partial charge in [0.05, 0.1) is 23.7 Å². The fourth-order valence-electron chi connectivity index (χ4n) is 1.75. The second-order valence-electron chi connectivity index (χ2n) is 4.10. The molecular formula is C14H14N4O2. The number of nitrogen functional groups attached to an aromatic ring is 1. The van der Waals surface area contributed by atoms with Crippen LogP contribution < -0.4 is 15.8 Å². The zero-order valence-corrected chi connectivity index (χ0v) is 10.8. The molecule has 1 heterocycles. The molecule has 0 fully saturated rings. The molecule has 102 valence electrons. The first-order chi connectivity index (χ1) is 9.72. The fraction of sp³-hybridized carbons (Fsp3) is 0.214. The Morgan fingerprint density at radius 2 is 2.30 bits per heavy atom. The average molecular weight is 270 g/mol. The van der Waals surface area contributed by atoms with Gasteiger partial charge in [-0.1, -0.05) is 0 Å². The molecule has 20 heavy (non-hydrogen) atoms. The summed E-state index contributed by atoms with van der Waals surface area (Å²) in [5.41, 5.74) is 7.04. The Bertz CT molecular complexity index is 664. The summed E-state index contributed by atoms with van der Waals surface area (Å²) in [5.74, 6) is 0.284. The highest BCUT2D eigenvalue weighted by Crippen LogP contribution is 2.28. The molecule has 6 heteroatoms. The predicted molar refractivity (Wildman–Crippen MR) is 74.9 cm³/mol. The smallest absolute Gasteiger partial charge is 0.257 e. The first kappa shape index (κ1) is 13.6. The summed E-state index contributed by atoms with van der Waals surface area (Å²) in [4.78, 5) is 15.7. The summed E-state index contributed by atoms with van der Waals surface area (Å²) in [5, 5.41) is 11.7. The largest absolute Gasteiger partial charge is 0.483 e. The molecule has 1 amide bonds. The number of hydrogen-bond acceptors (Lipinski definition) is 5. The van der Waals surface area contributed by atoms with E-state index in [1.54, 1.807) is 24.4 Å². The number of carbonyl (C=O) groups is 1. The van der Waals surface area contributed by atoms with Crippen LogP contribution in [-0.4, -0.2) is 24.0 Å². The normalized spacial score (nSPS) is 9.95. The van der Waals surface area contributed by atoms with Gasteiger partial charge in [-0.3, -0.25) is 9.78 Å². The molecule has 0 radical (unpaired) electrons. The molecule has 0 unspecified atom stereocenters. The van der Waals surface area contributed by atoms with Crippen molar-refractivity contribution in [3.05, 3.63) is 30.5 Å². The zero-order chi connectivity index (χ0) is 14.4. The molecule has 0 bridgehead atoms. The molecule has 0 atom stereocenters. The van der Waals surface area contributed by atoms with Crippen LogP contribution in [-0.2, 0) is 4.79 Å². The molecule has 6 nitrogen and oxygen atoms in total. The Kier molecular flexibility index (Phi) is 4.35. The number of aromatic nitrogens is 1. The lowest BCUT2D eigenvalue weighted by Gasteiger charge is -2.10. The minimum atomic E-state index is -0.269. The van der Waals surface area contributed by atoms with Crippen LogP contribution in [0.4, 0.5) is 5.69 Å². The van der Waals surface area contributed by atoms with Gasteiger partial charge in [-0.25, -0.2) is 0 Å². The summed E-state index contributed by atoms with van der Waals surface area (Å²) in [7, 11) is 0. The van der Waals surface area contributed by atoms with Gasteiger partial charge in [0.2, 0.25) is 0 Å². The van der Waals surface area contributed by atoms with Gasteiger partial charge in [0.15, 0.2) is 6.61 Å². The Morgan fingerprint density at radius 1 is 1.45 bits per heavy atom. The third kappa shape index (κ3) is 3.14. The summed E-state index contributed by atoms with van der Waals surface area (Å²) in [6.45, 7) is 0.210. The Balaban J connectivity index is 2.06. The van der Waals surface area contributed by atoms with Crippen molar-refractivity contribution in [3.63, 3.8) is 0 Å². The van der Waals surface area contributed by atoms with E-state index in [2.05, 4.69) is 10.3 Å². The molecule has 0 aliphatic carbocycles. The number of fused-ring (bicyclic) bond motifs is 1. The molecule has 0 aliphatic heterocycles. The second kappa shape index (κ2) is 6.38. The van der Waals surface area contributed by atoms with E-state index in [0.29, 0.717) is 23.5 Å². The van der Waals surface area contributed by atoms with E-state index >= 15 is 0 Å². The van der Waals surface area contributed by atoms with Gasteiger partial charge in [0, 0.05) is 18.1 Å². The van der Waals surface area contributed by atoms with Crippen molar-refractivity contribution in [1.29, 1.82) is 5.26 Å². The van der Waals surface area contributed by atoms with Crippen molar-refractivity contribution < 1.29 is 9.53 Å². The summed E-state index contributed by atoms with van der Waals surface area (Å²) < 4.78 is 5.48. The lowest BCUT2D eigenvalue weighted by Crippen LogP contribution is -2.29. The SMILES string of the molecule is N#CCCNC(=O)COc1ccc(N)c2ncccc12. The van der Waals surface area contributed by atoms with E-state index in [0.717, 1.165) is 5.39 Å². The van der Waals surface area contributed by atoms with E-state index in [4.69, 9.17) is 15.7 Å². The topological polar surface area (TPSA) is 101 Å². The number of ether oxygens (including phenoxy) is 1. The zero-order valence-electron chi connectivity index (χ0n) is 10.8. The van der Waals surface area contributed by atoms with Crippen LogP contribution in [0.15, 0.2) is 30.5 Å². The number of benzene rings is 1. The van der Waals surface area contributed by atoms with Gasteiger partial charge in [-0.15, -0.1) is 0 Å². The Labute approximate surface area is 116 Å². The van der Waals surface area contributed by atoms with Crippen LogP contribution in [0.1, 0.15) is 6.42 Å². The van der Waals surface area contributed by atoms with Crippen LogP contribution in [0.2, 0.25) is 0 Å². The van der Waals surface area contributed by atoms with Crippen LogP contribution in [0.3, 0.4) is 0 Å². The predicted octanol–water partition coefficient (Wildman–Crippen LogP) is 1.23. The number of nitriles is 1. The number of nitrogens with zero attached hydrogens (tertiary/aromatic N) is 2. The molecule has 0 saturated carbocycles. The lowest BCUT2D eigenvalue weighted by atomic mass is 10.2. The second-order valence-corrected chi connectivity index (χ2v) is 4.10. The van der Waals surface area contributed by atoms with Gasteiger partial charge >= 0.3 is 0 Å². The van der Waals surface area contributed by atoms with Crippen molar-refractivity contribution in [3.8, 4) is 11.8 Å². The molecule has 1 aromatic carbocycles. The third-order valence-corrected chi connectivity index (χ3v) is 2.68. The molecule has 2 aromatic rings. The number of rotatable bonds is 5. The molecule has 3 N–H and O–H groups in total. The van der Waals surface area contributed by atoms with Crippen molar-refractivity contribution in [2.75, 3.05) is 18.9 Å². The standard InChI is InChI=1S/C14H14N4O2/c15-6-2-8-17-13(19)9-20-12-5-4-11(16)14-10(12)3-1-7-18-14/h1,3-5,7H,2,8-9,16H2,(H,17,19). The number of carbonyl (C=O) groups excluding carboxylic acids is 1. The van der Waals surface area contributed by atoms with Gasteiger partial charge in [0.1, 0.15) is 5.75 Å². The number of pyridine rings is 1. The first-order valence-corrected chi connectivity index (χ1v) is 6.12. The third-order valence-electron chi connectivity index (χ3n) is 2.68. The highest BCUT2D eigenvalue weighted by Gasteiger charge is 2.08. The highest BCUT2D eigenvalue weighted by atomic mass is 16.5. The Hall–Kier alpha value is -2.81. The molecule has 0 aliphatic rings. The molecule has 0 spiro atoms. The van der Waals surface area contributed by atoms with Crippen LogP contribution in [0, 0.1) is 11.3 Å². The molecule has 2 rings (SSSR count). The van der Waals surface area contributed by atoms with E-state index in [9.17, 15) is 4.79 Å². The minimum Gasteiger partial charge on any atom is -0.483 e.